The van der Waals surface area contributed by atoms with Crippen LogP contribution in [0.1, 0.15) is 29.7 Å². The lowest BCUT2D eigenvalue weighted by molar-refractivity contribution is 0.519. The summed E-state index contributed by atoms with van der Waals surface area (Å²) in [5, 5.41) is 3.39. The van der Waals surface area contributed by atoms with Gasteiger partial charge in [0.25, 0.3) is 0 Å². The Morgan fingerprint density at radius 2 is 1.95 bits per heavy atom. The molecule has 2 aromatic carbocycles. The van der Waals surface area contributed by atoms with Crippen LogP contribution in [0.4, 0.5) is 8.78 Å². The van der Waals surface area contributed by atoms with E-state index >= 15 is 0 Å². The van der Waals surface area contributed by atoms with Crippen molar-refractivity contribution in [1.29, 1.82) is 0 Å². The summed E-state index contributed by atoms with van der Waals surface area (Å²) < 4.78 is 28.1. The number of rotatable bonds is 5. The Bertz CT molecular complexity index is 628. The second-order valence-corrected chi connectivity index (χ2v) is 6.11. The van der Waals surface area contributed by atoms with Crippen LogP contribution in [0.15, 0.2) is 36.4 Å². The van der Waals surface area contributed by atoms with Crippen LogP contribution in [0.5, 0.6) is 0 Å². The molecule has 0 heterocycles. The highest BCUT2D eigenvalue weighted by Gasteiger charge is 2.17. The van der Waals surface area contributed by atoms with Gasteiger partial charge in [-0.1, -0.05) is 31.2 Å². The van der Waals surface area contributed by atoms with Crippen LogP contribution in [0.25, 0.3) is 0 Å². The normalized spacial score (nSPS) is 12.4. The van der Waals surface area contributed by atoms with Crippen molar-refractivity contribution in [3.8, 4) is 0 Å². The van der Waals surface area contributed by atoms with Crippen molar-refractivity contribution in [2.24, 2.45) is 0 Å². The highest BCUT2D eigenvalue weighted by Crippen LogP contribution is 2.26. The van der Waals surface area contributed by atoms with Gasteiger partial charge < -0.3 is 5.32 Å². The lowest BCUT2D eigenvalue weighted by atomic mass is 9.97. The highest BCUT2D eigenvalue weighted by molar-refractivity contribution is 14.1. The summed E-state index contributed by atoms with van der Waals surface area (Å²) in [5.74, 6) is -1.03. The number of likely N-dealkylation sites (N-methyl/N-ethyl adjacent to an activating group) is 1. The van der Waals surface area contributed by atoms with Crippen molar-refractivity contribution in [2.45, 2.75) is 26.3 Å². The smallest absolute Gasteiger partial charge is 0.129 e. The zero-order chi connectivity index (χ0) is 15.4. The maximum atomic E-state index is 13.9. The maximum Gasteiger partial charge on any atom is 0.129 e. The summed E-state index contributed by atoms with van der Waals surface area (Å²) >= 11 is 2.32. The van der Waals surface area contributed by atoms with E-state index in [1.807, 2.05) is 13.0 Å². The third-order valence-electron chi connectivity index (χ3n) is 3.49. The van der Waals surface area contributed by atoms with Crippen LogP contribution < -0.4 is 5.32 Å². The molecule has 2 rings (SSSR count). The molecule has 0 amide bonds. The molecular weight excluding hydrogens is 383 g/mol. The lowest BCUT2D eigenvalue weighted by Gasteiger charge is -2.21. The molecule has 0 saturated heterocycles. The minimum absolute atomic E-state index is 0.0155. The first-order chi connectivity index (χ1) is 10.0. The number of benzene rings is 2. The maximum absolute atomic E-state index is 13.9. The molecule has 0 aliphatic rings. The fraction of sp³-hybridized carbons (Fsp3) is 0.294. The van der Waals surface area contributed by atoms with Gasteiger partial charge >= 0.3 is 0 Å². The molecule has 0 spiro atoms. The van der Waals surface area contributed by atoms with Gasteiger partial charge in [-0.3, -0.25) is 0 Å². The Morgan fingerprint density at radius 1 is 1.19 bits per heavy atom. The van der Waals surface area contributed by atoms with Crippen LogP contribution in [0, 0.1) is 22.1 Å². The molecule has 1 nitrogen and oxygen atoms in total. The first-order valence-electron chi connectivity index (χ1n) is 6.95. The van der Waals surface area contributed by atoms with Crippen molar-refractivity contribution in [3.05, 3.63) is 68.3 Å². The fourth-order valence-electron chi connectivity index (χ4n) is 2.38. The minimum Gasteiger partial charge on any atom is -0.310 e. The lowest BCUT2D eigenvalue weighted by Crippen LogP contribution is -2.24. The molecule has 112 valence electrons. The molecule has 0 radical (unpaired) electrons. The summed E-state index contributed by atoms with van der Waals surface area (Å²) in [5.41, 5.74) is 2.89. The quantitative estimate of drug-likeness (QED) is 0.712. The molecule has 0 aliphatic heterocycles. The SMILES string of the molecule is CCNC(Cc1ccc(F)cc1F)c1cccc(C)c1I. The third-order valence-corrected chi connectivity index (χ3v) is 4.96. The molecule has 4 heteroatoms. The third kappa shape index (κ3) is 4.01. The van der Waals surface area contributed by atoms with Crippen LogP contribution in [-0.4, -0.2) is 6.54 Å². The highest BCUT2D eigenvalue weighted by atomic mass is 127. The zero-order valence-electron chi connectivity index (χ0n) is 12.1. The molecule has 1 N–H and O–H groups in total. The average molecular weight is 401 g/mol. The van der Waals surface area contributed by atoms with Gasteiger partial charge in [0.1, 0.15) is 11.6 Å². The molecular formula is C17H18F2IN. The number of aryl methyl sites for hydroxylation is 1. The van der Waals surface area contributed by atoms with Crippen molar-refractivity contribution in [3.63, 3.8) is 0 Å². The number of hydrogen-bond donors (Lipinski definition) is 1. The summed E-state index contributed by atoms with van der Waals surface area (Å²) in [6, 6.07) is 9.93. The van der Waals surface area contributed by atoms with E-state index in [1.54, 1.807) is 0 Å². The van der Waals surface area contributed by atoms with Crippen LogP contribution in [0.3, 0.4) is 0 Å². The Morgan fingerprint density at radius 3 is 2.62 bits per heavy atom. The molecule has 0 aromatic heterocycles. The van der Waals surface area contributed by atoms with Crippen molar-refractivity contribution in [2.75, 3.05) is 6.54 Å². The molecule has 21 heavy (non-hydrogen) atoms. The second kappa shape index (κ2) is 7.31. The molecule has 0 bridgehead atoms. The second-order valence-electron chi connectivity index (χ2n) is 5.03. The monoisotopic (exact) mass is 401 g/mol. The average Bonchev–Trinajstić information content (AvgIpc) is 2.44. The van der Waals surface area contributed by atoms with Crippen LogP contribution in [0.2, 0.25) is 0 Å². The summed E-state index contributed by atoms with van der Waals surface area (Å²) in [6.07, 6.45) is 0.499. The number of nitrogens with one attached hydrogen (secondary N) is 1. The van der Waals surface area contributed by atoms with E-state index in [0.29, 0.717) is 12.0 Å². The van der Waals surface area contributed by atoms with E-state index in [-0.39, 0.29) is 6.04 Å². The predicted octanol–water partition coefficient (Wildman–Crippen LogP) is 4.77. The van der Waals surface area contributed by atoms with E-state index in [9.17, 15) is 8.78 Å². The summed E-state index contributed by atoms with van der Waals surface area (Å²) in [7, 11) is 0. The Kier molecular flexibility index (Phi) is 5.70. The molecule has 2 aromatic rings. The Hall–Kier alpha value is -1.01. The van der Waals surface area contributed by atoms with E-state index in [1.165, 1.54) is 21.3 Å². The molecule has 1 unspecified atom stereocenters. The largest absolute Gasteiger partial charge is 0.310 e. The van der Waals surface area contributed by atoms with Crippen LogP contribution >= 0.6 is 22.6 Å². The van der Waals surface area contributed by atoms with Crippen molar-refractivity contribution >= 4 is 22.6 Å². The van der Waals surface area contributed by atoms with Gasteiger partial charge in [0.05, 0.1) is 0 Å². The molecule has 0 fully saturated rings. The minimum atomic E-state index is -0.540. The summed E-state index contributed by atoms with van der Waals surface area (Å²) in [6.45, 7) is 4.88. The topological polar surface area (TPSA) is 12.0 Å². The molecule has 0 saturated carbocycles. The predicted molar refractivity (Wildman–Crippen MR) is 90.4 cm³/mol. The van der Waals surface area contributed by atoms with Gasteiger partial charge in [-0.05, 0) is 65.2 Å². The number of hydrogen-bond acceptors (Lipinski definition) is 1. The summed E-state index contributed by atoms with van der Waals surface area (Å²) in [4.78, 5) is 0. The van der Waals surface area contributed by atoms with Gasteiger partial charge in [0, 0.05) is 15.7 Å². The van der Waals surface area contributed by atoms with E-state index < -0.39 is 11.6 Å². The molecule has 1 atom stereocenters. The van der Waals surface area contributed by atoms with Gasteiger partial charge in [-0.2, -0.15) is 0 Å². The first-order valence-corrected chi connectivity index (χ1v) is 8.03. The van der Waals surface area contributed by atoms with Crippen molar-refractivity contribution in [1.82, 2.24) is 5.32 Å². The first kappa shape index (κ1) is 16.4. The van der Waals surface area contributed by atoms with E-state index in [2.05, 4.69) is 47.0 Å². The van der Waals surface area contributed by atoms with Crippen molar-refractivity contribution < 1.29 is 8.78 Å². The Labute approximate surface area is 137 Å². The molecule has 0 aliphatic carbocycles. The standard InChI is InChI=1S/C17H18F2IN/c1-3-21-16(14-6-4-5-11(2)17(14)20)9-12-7-8-13(18)10-15(12)19/h4-8,10,16,21H,3,9H2,1-2H3. The van der Waals surface area contributed by atoms with Gasteiger partial charge in [0.2, 0.25) is 0 Å². The Balaban J connectivity index is 2.33. The fourth-order valence-corrected chi connectivity index (χ4v) is 3.12. The number of halogens is 3. The van der Waals surface area contributed by atoms with Gasteiger partial charge in [0.15, 0.2) is 0 Å². The van der Waals surface area contributed by atoms with Crippen LogP contribution in [-0.2, 0) is 6.42 Å². The van der Waals surface area contributed by atoms with E-state index in [4.69, 9.17) is 0 Å². The van der Waals surface area contributed by atoms with E-state index in [0.717, 1.165) is 18.2 Å². The zero-order valence-corrected chi connectivity index (χ0v) is 14.2. The van der Waals surface area contributed by atoms with Gasteiger partial charge in [-0.25, -0.2) is 8.78 Å². The van der Waals surface area contributed by atoms with Gasteiger partial charge in [-0.15, -0.1) is 0 Å².